The summed E-state index contributed by atoms with van der Waals surface area (Å²) in [6.07, 6.45) is 24.2. The topological polar surface area (TPSA) is 56.8 Å². The predicted molar refractivity (Wildman–Crippen MR) is 157 cm³/mol. The molecule has 0 bridgehead atoms. The molecule has 1 rings (SSSR count). The van der Waals surface area contributed by atoms with Crippen LogP contribution in [0.25, 0.3) is 0 Å². The minimum atomic E-state index is -2.70. The van der Waals surface area contributed by atoms with Gasteiger partial charge in [-0.1, -0.05) is 116 Å². The number of unbranched alkanes of at least 4 members (excludes halogenated alkanes) is 13. The standard InChI is InChI=1S/C29H59NO4SSi/c1-4-7-9-10-11-12-13-14-15-16-17-18-19-21-28-23-24-33-36(32-6-3,34-30-27-28)26-20-25-35-29(31)22-8-5-2/h28,30H,4-27H2,1-3H3. The summed E-state index contributed by atoms with van der Waals surface area (Å²) in [6, 6.07) is 0.769. The fourth-order valence-electron chi connectivity index (χ4n) is 4.83. The van der Waals surface area contributed by atoms with Gasteiger partial charge in [-0.25, -0.2) is 5.48 Å². The fraction of sp³-hybridized carbons (Fsp3) is 0.966. The van der Waals surface area contributed by atoms with Crippen molar-refractivity contribution in [3.05, 3.63) is 0 Å². The molecule has 2 unspecified atom stereocenters. The smallest absolute Gasteiger partial charge is 0.373 e. The van der Waals surface area contributed by atoms with Gasteiger partial charge < -0.3 is 8.85 Å². The lowest BCUT2D eigenvalue weighted by molar-refractivity contribution is -0.111. The molecule has 0 saturated carbocycles. The fourth-order valence-corrected chi connectivity index (χ4v) is 8.27. The molecule has 1 N–H and O–H groups in total. The summed E-state index contributed by atoms with van der Waals surface area (Å²) in [4.78, 5) is 11.9. The lowest BCUT2D eigenvalue weighted by Gasteiger charge is -2.33. The Balaban J connectivity index is 2.09. The third-order valence-corrected chi connectivity index (χ3v) is 11.0. The Hall–Kier alpha value is 0.0769. The number of nitrogens with one attached hydrogen (secondary N) is 1. The molecule has 0 aromatic carbocycles. The Morgan fingerprint density at radius 3 is 2.08 bits per heavy atom. The normalized spacial score (nSPS) is 20.8. The van der Waals surface area contributed by atoms with Crippen molar-refractivity contribution in [3.63, 3.8) is 0 Å². The van der Waals surface area contributed by atoms with Gasteiger partial charge in [0.25, 0.3) is 0 Å². The van der Waals surface area contributed by atoms with E-state index in [0.29, 0.717) is 24.1 Å². The molecule has 7 heteroatoms. The number of hydrogen-bond acceptors (Lipinski definition) is 6. The molecule has 0 spiro atoms. The van der Waals surface area contributed by atoms with Crippen molar-refractivity contribution in [1.82, 2.24) is 5.48 Å². The largest absolute Gasteiger partial charge is 0.517 e. The minimum Gasteiger partial charge on any atom is -0.373 e. The zero-order valence-electron chi connectivity index (χ0n) is 24.1. The van der Waals surface area contributed by atoms with Gasteiger partial charge in [0.2, 0.25) is 0 Å². The van der Waals surface area contributed by atoms with Crippen molar-refractivity contribution in [2.45, 2.75) is 149 Å². The number of thioether (sulfide) groups is 1. The van der Waals surface area contributed by atoms with Crippen LogP contribution in [0.15, 0.2) is 0 Å². The van der Waals surface area contributed by atoms with Crippen molar-refractivity contribution >= 4 is 25.7 Å². The summed E-state index contributed by atoms with van der Waals surface area (Å²) < 4.78 is 18.4. The summed E-state index contributed by atoms with van der Waals surface area (Å²) in [7, 11) is -2.70. The minimum absolute atomic E-state index is 0.303. The van der Waals surface area contributed by atoms with Gasteiger partial charge in [-0.3, -0.25) is 9.32 Å². The van der Waals surface area contributed by atoms with Crippen LogP contribution >= 0.6 is 11.8 Å². The van der Waals surface area contributed by atoms with E-state index >= 15 is 0 Å². The molecule has 2 atom stereocenters. The average Bonchev–Trinajstić information content (AvgIpc) is 2.86. The summed E-state index contributed by atoms with van der Waals surface area (Å²) in [6.45, 7) is 8.61. The van der Waals surface area contributed by atoms with Gasteiger partial charge >= 0.3 is 8.80 Å². The van der Waals surface area contributed by atoms with E-state index in [-0.39, 0.29) is 0 Å². The molecule has 0 aromatic heterocycles. The highest BCUT2D eigenvalue weighted by Gasteiger charge is 2.42. The molecule has 1 fully saturated rings. The second-order valence-corrected chi connectivity index (χ2v) is 14.3. The van der Waals surface area contributed by atoms with E-state index in [4.69, 9.17) is 13.4 Å². The summed E-state index contributed by atoms with van der Waals surface area (Å²) in [5, 5.41) is 0.303. The van der Waals surface area contributed by atoms with Gasteiger partial charge in [-0.05, 0) is 38.5 Å². The maximum Gasteiger partial charge on any atom is 0.517 e. The van der Waals surface area contributed by atoms with Gasteiger partial charge in [0.05, 0.1) is 0 Å². The van der Waals surface area contributed by atoms with Gasteiger partial charge in [0.15, 0.2) is 5.12 Å². The lowest BCUT2D eigenvalue weighted by Crippen LogP contribution is -2.52. The van der Waals surface area contributed by atoms with Gasteiger partial charge in [-0.2, -0.15) is 0 Å². The Morgan fingerprint density at radius 1 is 0.861 bits per heavy atom. The lowest BCUT2D eigenvalue weighted by atomic mass is 9.97. The van der Waals surface area contributed by atoms with Crippen LogP contribution in [0.3, 0.4) is 0 Å². The Bertz CT molecular complexity index is 502. The van der Waals surface area contributed by atoms with E-state index in [1.807, 2.05) is 6.92 Å². The molecule has 0 aromatic rings. The van der Waals surface area contributed by atoms with Crippen LogP contribution in [0.5, 0.6) is 0 Å². The van der Waals surface area contributed by atoms with Gasteiger partial charge in [0.1, 0.15) is 0 Å². The number of rotatable bonds is 23. The van der Waals surface area contributed by atoms with E-state index in [1.54, 1.807) is 0 Å². The summed E-state index contributed by atoms with van der Waals surface area (Å²) >= 11 is 1.45. The quantitative estimate of drug-likeness (QED) is 0.102. The van der Waals surface area contributed by atoms with Crippen molar-refractivity contribution < 1.29 is 18.2 Å². The van der Waals surface area contributed by atoms with Crippen LogP contribution in [0.4, 0.5) is 0 Å². The first-order valence-corrected chi connectivity index (χ1v) is 18.4. The summed E-state index contributed by atoms with van der Waals surface area (Å²) in [5.41, 5.74) is 3.23. The molecule has 1 aliphatic rings. The van der Waals surface area contributed by atoms with E-state index in [9.17, 15) is 4.79 Å². The first-order valence-electron chi connectivity index (χ1n) is 15.5. The highest BCUT2D eigenvalue weighted by Crippen LogP contribution is 2.24. The maximum absolute atomic E-state index is 11.9. The van der Waals surface area contributed by atoms with Crippen LogP contribution in [0.1, 0.15) is 143 Å². The molecule has 214 valence electrons. The number of hydrogen-bond donors (Lipinski definition) is 1. The van der Waals surface area contributed by atoms with E-state index in [2.05, 4.69) is 19.3 Å². The molecule has 1 heterocycles. The molecule has 5 nitrogen and oxygen atoms in total. The van der Waals surface area contributed by atoms with Crippen LogP contribution in [-0.4, -0.2) is 39.4 Å². The van der Waals surface area contributed by atoms with E-state index in [1.165, 1.54) is 102 Å². The highest BCUT2D eigenvalue weighted by atomic mass is 32.2. The molecular weight excluding hydrogens is 486 g/mol. The van der Waals surface area contributed by atoms with E-state index < -0.39 is 8.80 Å². The van der Waals surface area contributed by atoms with Crippen molar-refractivity contribution in [1.29, 1.82) is 0 Å². The predicted octanol–water partition coefficient (Wildman–Crippen LogP) is 8.84. The third kappa shape index (κ3) is 18.3. The number of carbonyl (C=O) groups is 1. The zero-order valence-corrected chi connectivity index (χ0v) is 25.9. The van der Waals surface area contributed by atoms with Crippen molar-refractivity contribution in [2.75, 3.05) is 25.5 Å². The van der Waals surface area contributed by atoms with Crippen LogP contribution < -0.4 is 5.48 Å². The number of carbonyl (C=O) groups excluding carboxylic acids is 1. The Labute approximate surface area is 229 Å². The monoisotopic (exact) mass is 545 g/mol. The molecule has 36 heavy (non-hydrogen) atoms. The molecule has 0 amide bonds. The SMILES string of the molecule is CCCCCCCCCCCCCCCC1CCO[Si](CCCSC(=O)CCCC)(OCC)ONC1. The zero-order chi connectivity index (χ0) is 26.2. The Kier molecular flexibility index (Phi) is 22.9. The highest BCUT2D eigenvalue weighted by molar-refractivity contribution is 8.13. The first kappa shape index (κ1) is 34.1. The number of hydroxylamine groups is 1. The molecule has 0 radical (unpaired) electrons. The molecule has 1 saturated heterocycles. The summed E-state index contributed by atoms with van der Waals surface area (Å²) in [5.74, 6) is 1.43. The molecule has 0 aliphatic carbocycles. The Morgan fingerprint density at radius 2 is 1.47 bits per heavy atom. The maximum atomic E-state index is 11.9. The second kappa shape index (κ2) is 24.1. The average molecular weight is 546 g/mol. The third-order valence-electron chi connectivity index (χ3n) is 7.15. The molecule has 1 aliphatic heterocycles. The van der Waals surface area contributed by atoms with E-state index in [0.717, 1.165) is 50.6 Å². The van der Waals surface area contributed by atoms with Crippen molar-refractivity contribution in [2.24, 2.45) is 5.92 Å². The second-order valence-electron chi connectivity index (χ2n) is 10.5. The van der Waals surface area contributed by atoms with Crippen LogP contribution in [-0.2, 0) is 18.2 Å². The molecular formula is C29H59NO4SSi. The van der Waals surface area contributed by atoms with Gasteiger partial charge in [-0.15, -0.1) is 0 Å². The first-order chi connectivity index (χ1) is 17.7. The van der Waals surface area contributed by atoms with Crippen LogP contribution in [0, 0.1) is 5.92 Å². The van der Waals surface area contributed by atoms with Crippen molar-refractivity contribution in [3.8, 4) is 0 Å². The van der Waals surface area contributed by atoms with Gasteiger partial charge in [0, 0.05) is 38.0 Å². The van der Waals surface area contributed by atoms with Crippen LogP contribution in [0.2, 0.25) is 6.04 Å².